The molecular formula is C21H26ClFN2O3. The lowest BCUT2D eigenvalue weighted by atomic mass is 9.90. The summed E-state index contributed by atoms with van der Waals surface area (Å²) in [5.41, 5.74) is 7.23. The minimum atomic E-state index is -0.856. The zero-order valence-corrected chi connectivity index (χ0v) is 16.6. The summed E-state index contributed by atoms with van der Waals surface area (Å²) in [7, 11) is 0. The highest BCUT2D eigenvalue weighted by atomic mass is 35.5. The quantitative estimate of drug-likeness (QED) is 0.767. The fourth-order valence-corrected chi connectivity index (χ4v) is 2.99. The summed E-state index contributed by atoms with van der Waals surface area (Å²) in [5.74, 6) is 0.301. The number of hydrogen-bond donors (Lipinski definition) is 2. The molecule has 2 aromatic rings. The van der Waals surface area contributed by atoms with Crippen LogP contribution in [-0.4, -0.2) is 24.7 Å². The number of ether oxygens (including phenoxy) is 2. The highest BCUT2D eigenvalue weighted by Gasteiger charge is 2.36. The van der Waals surface area contributed by atoms with E-state index in [9.17, 15) is 9.18 Å². The molecule has 3 rings (SSSR count). The Morgan fingerprint density at radius 2 is 1.79 bits per heavy atom. The zero-order valence-electron chi connectivity index (χ0n) is 15.8. The molecule has 7 heteroatoms. The number of amides is 1. The van der Waals surface area contributed by atoms with E-state index in [1.54, 1.807) is 12.1 Å². The van der Waals surface area contributed by atoms with Gasteiger partial charge in [-0.2, -0.15) is 0 Å². The standard InChI is InChI=1S/C21H25FN2O3.ClH/c1-15(24-20(25)21(23)10-12-26-13-11-21)17-4-8-19(9-5-17)27-14-16-2-6-18(22)7-3-16;/h2-9,15H,10-14,23H2,1H3,(H,24,25);1H. The van der Waals surface area contributed by atoms with Crippen molar-refractivity contribution in [3.8, 4) is 5.75 Å². The van der Waals surface area contributed by atoms with E-state index in [1.807, 2.05) is 31.2 Å². The number of carbonyl (C=O) groups is 1. The Kier molecular flexibility index (Phi) is 7.80. The van der Waals surface area contributed by atoms with E-state index in [1.165, 1.54) is 12.1 Å². The van der Waals surface area contributed by atoms with Crippen LogP contribution in [0.25, 0.3) is 0 Å². The van der Waals surface area contributed by atoms with Crippen LogP contribution in [0.4, 0.5) is 4.39 Å². The van der Waals surface area contributed by atoms with Gasteiger partial charge in [-0.15, -0.1) is 12.4 Å². The van der Waals surface area contributed by atoms with Crippen LogP contribution in [-0.2, 0) is 16.1 Å². The van der Waals surface area contributed by atoms with Crippen molar-refractivity contribution in [3.63, 3.8) is 0 Å². The minimum Gasteiger partial charge on any atom is -0.489 e. The summed E-state index contributed by atoms with van der Waals surface area (Å²) < 4.78 is 23.9. The summed E-state index contributed by atoms with van der Waals surface area (Å²) in [6.07, 6.45) is 1.06. The van der Waals surface area contributed by atoms with E-state index in [0.29, 0.717) is 38.4 Å². The van der Waals surface area contributed by atoms with Gasteiger partial charge in [0.2, 0.25) is 5.91 Å². The topological polar surface area (TPSA) is 73.6 Å². The third-order valence-corrected chi connectivity index (χ3v) is 4.88. The molecule has 28 heavy (non-hydrogen) atoms. The maximum Gasteiger partial charge on any atom is 0.240 e. The normalized spacial score (nSPS) is 16.5. The molecule has 1 heterocycles. The molecule has 0 spiro atoms. The van der Waals surface area contributed by atoms with Crippen LogP contribution < -0.4 is 15.8 Å². The van der Waals surface area contributed by atoms with Crippen LogP contribution >= 0.6 is 12.4 Å². The van der Waals surface area contributed by atoms with Crippen LogP contribution in [0.1, 0.15) is 36.9 Å². The lowest BCUT2D eigenvalue weighted by molar-refractivity contribution is -0.130. The Balaban J connectivity index is 0.00000280. The van der Waals surface area contributed by atoms with Crippen molar-refractivity contribution >= 4 is 18.3 Å². The predicted octanol–water partition coefficient (Wildman–Crippen LogP) is 3.51. The SMILES string of the molecule is CC(NC(=O)C1(N)CCOCC1)c1ccc(OCc2ccc(F)cc2)cc1.Cl. The van der Waals surface area contributed by atoms with E-state index in [2.05, 4.69) is 5.32 Å². The molecule has 1 aliphatic heterocycles. The molecule has 0 radical (unpaired) electrons. The number of benzene rings is 2. The average Bonchev–Trinajstić information content (AvgIpc) is 2.68. The van der Waals surface area contributed by atoms with E-state index >= 15 is 0 Å². The molecule has 1 unspecified atom stereocenters. The first-order chi connectivity index (χ1) is 13.0. The lowest BCUT2D eigenvalue weighted by Crippen LogP contribution is -2.57. The molecule has 152 valence electrons. The molecule has 1 fully saturated rings. The van der Waals surface area contributed by atoms with Crippen molar-refractivity contribution in [3.05, 3.63) is 65.5 Å². The Hall–Kier alpha value is -2.15. The minimum absolute atomic E-state index is 0. The molecule has 0 saturated carbocycles. The second-order valence-electron chi connectivity index (χ2n) is 6.95. The second-order valence-corrected chi connectivity index (χ2v) is 6.95. The number of carbonyl (C=O) groups excluding carboxylic acids is 1. The van der Waals surface area contributed by atoms with Crippen molar-refractivity contribution < 1.29 is 18.7 Å². The van der Waals surface area contributed by atoms with Crippen molar-refractivity contribution in [1.29, 1.82) is 0 Å². The molecule has 1 aliphatic rings. The summed E-state index contributed by atoms with van der Waals surface area (Å²) >= 11 is 0. The smallest absolute Gasteiger partial charge is 0.240 e. The third kappa shape index (κ3) is 5.67. The zero-order chi connectivity index (χ0) is 19.3. The maximum atomic E-state index is 12.9. The summed E-state index contributed by atoms with van der Waals surface area (Å²) in [6, 6.07) is 13.6. The fourth-order valence-electron chi connectivity index (χ4n) is 2.99. The van der Waals surface area contributed by atoms with Gasteiger partial charge in [0, 0.05) is 13.2 Å². The van der Waals surface area contributed by atoms with Gasteiger partial charge in [-0.25, -0.2) is 4.39 Å². The summed E-state index contributed by atoms with van der Waals surface area (Å²) in [6.45, 7) is 3.31. The lowest BCUT2D eigenvalue weighted by Gasteiger charge is -2.33. The van der Waals surface area contributed by atoms with Crippen molar-refractivity contribution in [2.75, 3.05) is 13.2 Å². The summed E-state index contributed by atoms with van der Waals surface area (Å²) in [5, 5.41) is 2.99. The third-order valence-electron chi connectivity index (χ3n) is 4.88. The van der Waals surface area contributed by atoms with Gasteiger partial charge < -0.3 is 20.5 Å². The number of hydrogen-bond acceptors (Lipinski definition) is 4. The van der Waals surface area contributed by atoms with Crippen LogP contribution in [0.5, 0.6) is 5.75 Å². The number of nitrogens with one attached hydrogen (secondary N) is 1. The average molecular weight is 409 g/mol. The van der Waals surface area contributed by atoms with Crippen molar-refractivity contribution in [2.45, 2.75) is 38.0 Å². The van der Waals surface area contributed by atoms with Gasteiger partial charge in [-0.3, -0.25) is 4.79 Å². The summed E-state index contributed by atoms with van der Waals surface area (Å²) in [4.78, 5) is 12.5. The Labute approximate surface area is 170 Å². The number of halogens is 2. The molecule has 0 bridgehead atoms. The molecule has 1 atom stereocenters. The van der Waals surface area contributed by atoms with Crippen LogP contribution in [0.15, 0.2) is 48.5 Å². The van der Waals surface area contributed by atoms with Gasteiger partial charge in [0.25, 0.3) is 0 Å². The molecule has 1 saturated heterocycles. The number of rotatable bonds is 6. The molecule has 2 aromatic carbocycles. The van der Waals surface area contributed by atoms with E-state index in [0.717, 1.165) is 11.1 Å². The fraction of sp³-hybridized carbons (Fsp3) is 0.381. The first-order valence-corrected chi connectivity index (χ1v) is 9.11. The maximum absolute atomic E-state index is 12.9. The van der Waals surface area contributed by atoms with E-state index < -0.39 is 5.54 Å². The molecule has 5 nitrogen and oxygen atoms in total. The van der Waals surface area contributed by atoms with Gasteiger partial charge in [0.1, 0.15) is 18.2 Å². The first-order valence-electron chi connectivity index (χ1n) is 9.11. The van der Waals surface area contributed by atoms with Crippen molar-refractivity contribution in [2.24, 2.45) is 5.73 Å². The number of nitrogens with two attached hydrogens (primary N) is 1. The predicted molar refractivity (Wildman–Crippen MR) is 108 cm³/mol. The first kappa shape index (κ1) is 22.1. The van der Waals surface area contributed by atoms with Gasteiger partial charge in [0.15, 0.2) is 0 Å². The van der Waals surface area contributed by atoms with Gasteiger partial charge in [0.05, 0.1) is 11.6 Å². The van der Waals surface area contributed by atoms with E-state index in [-0.39, 0.29) is 30.2 Å². The molecule has 1 amide bonds. The Morgan fingerprint density at radius 3 is 2.39 bits per heavy atom. The monoisotopic (exact) mass is 408 g/mol. The van der Waals surface area contributed by atoms with Crippen molar-refractivity contribution in [1.82, 2.24) is 5.32 Å². The Morgan fingerprint density at radius 1 is 1.18 bits per heavy atom. The molecule has 0 aliphatic carbocycles. The van der Waals surface area contributed by atoms with Crippen LogP contribution in [0.2, 0.25) is 0 Å². The highest BCUT2D eigenvalue weighted by Crippen LogP contribution is 2.22. The van der Waals surface area contributed by atoms with E-state index in [4.69, 9.17) is 15.2 Å². The second kappa shape index (κ2) is 9.87. The van der Waals surface area contributed by atoms with Gasteiger partial charge in [-0.1, -0.05) is 24.3 Å². The highest BCUT2D eigenvalue weighted by molar-refractivity contribution is 5.86. The van der Waals surface area contributed by atoms with Crippen LogP contribution in [0, 0.1) is 5.82 Å². The van der Waals surface area contributed by atoms with Gasteiger partial charge >= 0.3 is 0 Å². The van der Waals surface area contributed by atoms with Gasteiger partial charge in [-0.05, 0) is 55.2 Å². The van der Waals surface area contributed by atoms with Crippen LogP contribution in [0.3, 0.4) is 0 Å². The molecule has 0 aromatic heterocycles. The molecule has 3 N–H and O–H groups in total. The largest absolute Gasteiger partial charge is 0.489 e. The molecular weight excluding hydrogens is 383 g/mol. The Bertz CT molecular complexity index is 762.